The van der Waals surface area contributed by atoms with E-state index < -0.39 is 41.3 Å². The zero-order valence-electron chi connectivity index (χ0n) is 25.2. The van der Waals surface area contributed by atoms with Gasteiger partial charge in [-0.05, 0) is 36.8 Å². The first kappa shape index (κ1) is 31.8. The number of carbonyl (C=O) groups excluding carboxylic acids is 1. The van der Waals surface area contributed by atoms with Crippen molar-refractivity contribution < 1.29 is 40.6 Å². The van der Waals surface area contributed by atoms with Crippen molar-refractivity contribution in [2.24, 2.45) is 0 Å². The number of amides is 1. The van der Waals surface area contributed by atoms with E-state index >= 15 is 0 Å². The molecule has 0 spiro atoms. The number of methoxy groups -OCH3 is 2. The lowest BCUT2D eigenvalue weighted by molar-refractivity contribution is -0.136. The van der Waals surface area contributed by atoms with Gasteiger partial charge in [-0.1, -0.05) is 24.3 Å². The topological polar surface area (TPSA) is 68.6 Å². The van der Waals surface area contributed by atoms with Gasteiger partial charge >= 0.3 is 6.18 Å². The molecule has 13 heteroatoms. The molecular formula is C34H28F6N4O3. The van der Waals surface area contributed by atoms with E-state index in [4.69, 9.17) is 9.47 Å². The molecule has 1 aromatic heterocycles. The smallest absolute Gasteiger partial charge is 0.418 e. The largest absolute Gasteiger partial charge is 0.497 e. The molecule has 0 saturated carbocycles. The zero-order valence-corrected chi connectivity index (χ0v) is 25.2. The fraction of sp³-hybridized carbons (Fsp3) is 0.235. The number of nitrogens with zero attached hydrogens (tertiary/aromatic N) is 3. The van der Waals surface area contributed by atoms with E-state index in [1.807, 2.05) is 0 Å². The number of benzene rings is 4. The summed E-state index contributed by atoms with van der Waals surface area (Å²) in [7, 11) is 3.00. The Bertz CT molecular complexity index is 1940. The van der Waals surface area contributed by atoms with Crippen molar-refractivity contribution in [2.75, 3.05) is 32.6 Å². The molecule has 6 rings (SSSR count). The molecule has 5 aromatic rings. The van der Waals surface area contributed by atoms with Crippen molar-refractivity contribution >= 4 is 22.5 Å². The summed E-state index contributed by atoms with van der Waals surface area (Å²) in [5.41, 5.74) is -0.180. The number of anilines is 1. The molecule has 1 amide bonds. The van der Waals surface area contributed by atoms with Crippen LogP contribution in [0.25, 0.3) is 22.2 Å². The van der Waals surface area contributed by atoms with Gasteiger partial charge < -0.3 is 19.7 Å². The van der Waals surface area contributed by atoms with Crippen LogP contribution in [-0.2, 0) is 12.7 Å². The lowest BCUT2D eigenvalue weighted by Crippen LogP contribution is -2.31. The number of halogens is 6. The molecule has 1 saturated heterocycles. The molecule has 244 valence electrons. The Labute approximate surface area is 265 Å². The molecule has 1 N–H and O–H groups in total. The molecule has 7 nitrogen and oxygen atoms in total. The van der Waals surface area contributed by atoms with Crippen LogP contribution in [0.5, 0.6) is 11.5 Å². The van der Waals surface area contributed by atoms with Gasteiger partial charge in [0, 0.05) is 59.5 Å². The van der Waals surface area contributed by atoms with Gasteiger partial charge in [-0.2, -0.15) is 18.3 Å². The predicted octanol–water partition coefficient (Wildman–Crippen LogP) is 7.53. The van der Waals surface area contributed by atoms with Crippen molar-refractivity contribution in [1.29, 1.82) is 0 Å². The normalized spacial score (nSPS) is 14.9. The molecular weight excluding hydrogens is 626 g/mol. The second-order valence-electron chi connectivity index (χ2n) is 11.1. The van der Waals surface area contributed by atoms with Gasteiger partial charge in [-0.15, -0.1) is 0 Å². The number of carbonyl (C=O) groups is 1. The summed E-state index contributed by atoms with van der Waals surface area (Å²) < 4.78 is 96.1. The Kier molecular flexibility index (Phi) is 8.47. The van der Waals surface area contributed by atoms with Crippen molar-refractivity contribution in [3.8, 4) is 22.8 Å². The maximum Gasteiger partial charge on any atom is 0.418 e. The maximum atomic E-state index is 14.6. The highest BCUT2D eigenvalue weighted by molar-refractivity contribution is 5.97. The second-order valence-corrected chi connectivity index (χ2v) is 11.1. The monoisotopic (exact) mass is 654 g/mol. The summed E-state index contributed by atoms with van der Waals surface area (Å²) in [6.45, 7) is 0.347. The van der Waals surface area contributed by atoms with Crippen LogP contribution in [0.3, 0.4) is 0 Å². The lowest BCUT2D eigenvalue weighted by atomic mass is 10.0. The second kappa shape index (κ2) is 12.5. The molecule has 1 atom stereocenters. The van der Waals surface area contributed by atoms with Gasteiger partial charge in [0.2, 0.25) is 0 Å². The van der Waals surface area contributed by atoms with Crippen LogP contribution in [0.4, 0.5) is 32.0 Å². The van der Waals surface area contributed by atoms with Crippen LogP contribution < -0.4 is 14.8 Å². The number of likely N-dealkylation sites (tertiary alicyclic amines) is 1. The van der Waals surface area contributed by atoms with Gasteiger partial charge in [0.05, 0.1) is 37.6 Å². The SMILES string of the molecule is COc1ccc(C(=O)N2CCC(Nc3ccc(-c4c5cccc(C(F)(F)F)c5nn4Cc4c(F)cc(F)cc4F)cc3)C2)c(OC)c1. The molecule has 1 aliphatic heterocycles. The molecule has 4 aromatic carbocycles. The van der Waals surface area contributed by atoms with E-state index in [0.717, 1.165) is 10.7 Å². The number of hydrogen-bond acceptors (Lipinski definition) is 5. The van der Waals surface area contributed by atoms with E-state index in [1.165, 1.54) is 26.4 Å². The summed E-state index contributed by atoms with van der Waals surface area (Å²) in [4.78, 5) is 15.0. The minimum atomic E-state index is -4.73. The number of aromatic nitrogens is 2. The van der Waals surface area contributed by atoms with Gasteiger partial charge in [0.1, 0.15) is 34.5 Å². The lowest BCUT2D eigenvalue weighted by Gasteiger charge is -2.19. The van der Waals surface area contributed by atoms with E-state index in [1.54, 1.807) is 47.4 Å². The first-order valence-electron chi connectivity index (χ1n) is 14.5. The van der Waals surface area contributed by atoms with Crippen LogP contribution >= 0.6 is 0 Å². The number of rotatable bonds is 8. The van der Waals surface area contributed by atoms with Crippen molar-refractivity contribution in [2.45, 2.75) is 25.2 Å². The number of fused-ring (bicyclic) bond motifs is 1. The fourth-order valence-corrected chi connectivity index (χ4v) is 5.84. The number of hydrogen-bond donors (Lipinski definition) is 1. The third-order valence-corrected chi connectivity index (χ3v) is 8.13. The van der Waals surface area contributed by atoms with Crippen molar-refractivity contribution in [3.05, 3.63) is 107 Å². The van der Waals surface area contributed by atoms with Crippen LogP contribution in [-0.4, -0.2) is 53.9 Å². The van der Waals surface area contributed by atoms with Crippen molar-refractivity contribution in [3.63, 3.8) is 0 Å². The highest BCUT2D eigenvalue weighted by atomic mass is 19.4. The average Bonchev–Trinajstić information content (AvgIpc) is 3.66. The van der Waals surface area contributed by atoms with Crippen LogP contribution in [0.15, 0.2) is 72.8 Å². The Morgan fingerprint density at radius 3 is 2.34 bits per heavy atom. The minimum absolute atomic E-state index is 0.0841. The molecule has 1 unspecified atom stereocenters. The van der Waals surface area contributed by atoms with Crippen LogP contribution in [0, 0.1) is 17.5 Å². The highest BCUT2D eigenvalue weighted by Gasteiger charge is 2.35. The average molecular weight is 655 g/mol. The summed E-state index contributed by atoms with van der Waals surface area (Å²) >= 11 is 0. The summed E-state index contributed by atoms with van der Waals surface area (Å²) in [5.74, 6) is -2.70. The Morgan fingerprint density at radius 1 is 0.957 bits per heavy atom. The van der Waals surface area contributed by atoms with Gasteiger partial charge in [-0.25, -0.2) is 13.2 Å². The van der Waals surface area contributed by atoms with E-state index in [9.17, 15) is 31.1 Å². The van der Waals surface area contributed by atoms with Crippen LogP contribution in [0.2, 0.25) is 0 Å². The Balaban J connectivity index is 1.26. The predicted molar refractivity (Wildman–Crippen MR) is 163 cm³/mol. The van der Waals surface area contributed by atoms with Crippen molar-refractivity contribution in [1.82, 2.24) is 14.7 Å². The molecule has 1 aliphatic rings. The fourth-order valence-electron chi connectivity index (χ4n) is 5.84. The van der Waals surface area contributed by atoms with Gasteiger partial charge in [0.25, 0.3) is 5.91 Å². The molecule has 2 heterocycles. The highest BCUT2D eigenvalue weighted by Crippen LogP contribution is 2.39. The van der Waals surface area contributed by atoms with Gasteiger partial charge in [-0.3, -0.25) is 9.48 Å². The number of nitrogens with one attached hydrogen (secondary N) is 1. The molecule has 0 bridgehead atoms. The quantitative estimate of drug-likeness (QED) is 0.175. The zero-order chi connectivity index (χ0) is 33.5. The van der Waals surface area contributed by atoms with Gasteiger partial charge in [0.15, 0.2) is 0 Å². The summed E-state index contributed by atoms with van der Waals surface area (Å²) in [6, 6.07) is 16.3. The number of ether oxygens (including phenoxy) is 2. The summed E-state index contributed by atoms with van der Waals surface area (Å²) in [5, 5.41) is 7.65. The first-order valence-corrected chi connectivity index (χ1v) is 14.5. The molecule has 0 aliphatic carbocycles. The maximum absolute atomic E-state index is 14.6. The minimum Gasteiger partial charge on any atom is -0.497 e. The Morgan fingerprint density at radius 2 is 1.68 bits per heavy atom. The standard InChI is InChI=1S/C34H28F6N4O3/c1-46-23-10-11-24(30(16-23)47-2)33(45)43-13-12-22(17-43)41-21-8-6-19(7-9-21)32-25-4-3-5-27(34(38,39)40)31(25)42-44(32)18-26-28(36)14-20(35)15-29(26)37/h3-11,14-16,22,41H,12-13,17-18H2,1-2H3. The molecule has 47 heavy (non-hydrogen) atoms. The van der Waals surface area contributed by atoms with Crippen LogP contribution in [0.1, 0.15) is 27.9 Å². The van der Waals surface area contributed by atoms with E-state index in [0.29, 0.717) is 60.0 Å². The number of alkyl halides is 3. The van der Waals surface area contributed by atoms with E-state index in [-0.39, 0.29) is 28.5 Å². The summed E-state index contributed by atoms with van der Waals surface area (Å²) in [6.07, 6.45) is -4.07. The third kappa shape index (κ3) is 6.29. The third-order valence-electron chi connectivity index (χ3n) is 8.13. The first-order chi connectivity index (χ1) is 22.5. The molecule has 0 radical (unpaired) electrons. The Hall–Kier alpha value is -5.20. The molecule has 1 fully saturated rings. The van der Waals surface area contributed by atoms with E-state index in [2.05, 4.69) is 10.4 Å².